The molecule has 5 aromatic carbocycles. The lowest BCUT2D eigenvalue weighted by atomic mass is 9.93. The van der Waals surface area contributed by atoms with Crippen molar-refractivity contribution in [3.05, 3.63) is 167 Å². The number of likely N-dealkylation sites (tertiary alicyclic amines) is 4. The van der Waals surface area contributed by atoms with E-state index < -0.39 is 125 Å². The summed E-state index contributed by atoms with van der Waals surface area (Å²) < 4.78 is 17.0. The number of fused-ring (bicyclic) bond motifs is 3. The highest BCUT2D eigenvalue weighted by Gasteiger charge is 2.46. The first-order chi connectivity index (χ1) is 63.4. The molecule has 0 bridgehead atoms. The minimum absolute atomic E-state index is 0.0571. The van der Waals surface area contributed by atoms with E-state index in [-0.39, 0.29) is 107 Å². The van der Waals surface area contributed by atoms with E-state index in [0.29, 0.717) is 128 Å². The first-order valence-electron chi connectivity index (χ1n) is 45.5. The largest absolute Gasteiger partial charge is 0.469 e. The van der Waals surface area contributed by atoms with E-state index in [1.54, 1.807) is 71.3 Å². The van der Waals surface area contributed by atoms with Crippen LogP contribution < -0.4 is 65.7 Å². The van der Waals surface area contributed by atoms with Crippen molar-refractivity contribution in [2.45, 2.75) is 197 Å². The number of ketones is 1. The Morgan fingerprint density at radius 1 is 0.492 bits per heavy atom. The molecule has 5 aliphatic rings. The molecule has 4 heterocycles. The fourth-order valence-electron chi connectivity index (χ4n) is 17.0. The third-order valence-electron chi connectivity index (χ3n) is 24.1. The molecule has 10 rings (SSSR count). The molecular weight excluding hydrogens is 1690 g/mol. The number of amides is 11. The molecule has 37 nitrogen and oxygen atoms in total. The molecule has 714 valence electrons. The van der Waals surface area contributed by atoms with Gasteiger partial charge in [-0.15, -0.1) is 0 Å². The molecule has 132 heavy (non-hydrogen) atoms. The molecule has 37 heteroatoms. The van der Waals surface area contributed by atoms with Gasteiger partial charge in [0.15, 0.2) is 23.7 Å². The van der Waals surface area contributed by atoms with Crippen molar-refractivity contribution in [1.82, 2.24) is 72.4 Å². The van der Waals surface area contributed by atoms with E-state index in [1.807, 2.05) is 78.9 Å². The maximum absolute atomic E-state index is 14.8. The highest BCUT2D eigenvalue weighted by Crippen LogP contribution is 2.45. The van der Waals surface area contributed by atoms with Crippen LogP contribution in [-0.4, -0.2) is 267 Å². The number of Topliss-reactive ketones (excluding diaryl/α,β-unsaturated/α-hetero) is 1. The van der Waals surface area contributed by atoms with Crippen LogP contribution in [0.25, 0.3) is 11.1 Å². The van der Waals surface area contributed by atoms with Crippen LogP contribution in [0.4, 0.5) is 4.79 Å². The molecule has 11 amide bonds. The summed E-state index contributed by atoms with van der Waals surface area (Å²) in [6.07, 6.45) is 4.99. The van der Waals surface area contributed by atoms with Gasteiger partial charge in [0.1, 0.15) is 36.8 Å². The summed E-state index contributed by atoms with van der Waals surface area (Å²) in [6, 6.07) is 37.8. The van der Waals surface area contributed by atoms with E-state index in [9.17, 15) is 62.3 Å². The van der Waals surface area contributed by atoms with Crippen LogP contribution in [0.5, 0.6) is 0 Å². The quantitative estimate of drug-likeness (QED) is 0.00869. The third kappa shape index (κ3) is 30.3. The van der Waals surface area contributed by atoms with Gasteiger partial charge in [0.2, 0.25) is 47.3 Å². The Kier molecular flexibility index (Phi) is 40.1. The number of hydrogen-bond acceptors (Lipinski definition) is 20. The standard InChI is InChI=1S/C58H88N14O11.C37H45N7O5/c1-58(2,3)83-37-44(53(79)69-29-16-25-46(69)51(77)68-72(36-39-20-11-8-12-21-39)48(74)34-40(55(81)82-6)22-13-27-64-56(60)62-4)67-49(75)41(32-38-18-9-7-10-19-38)33-42(73)35-66-50(76)45-24-15-30-70(45)54(80)47-26-17-31-71(47)52(78)43(59)23-14-28-65-57(61)63-5;1-39-34(46)26(14-10-20-41-36(38)40-2)22-33(45)44(23-25-12-4-3-5-13-25)42-35(47)32-19-11-21-43(32)37(48)49-24-31-29-17-8-6-15-27(29)28-16-7-9-18-30(28)31/h7-12,18-21,40-41,43-47H,13-17,22-37,59H2,1-6H3,(H,66,76)(H,67,75)(H,68,77)(H3,60,62,64)(H3,61,63,65);3-9,12-13,15-18,26,31-32H,10-11,14,19-24H2,1-2H3,(H,39,46)(H,42,47)(H3,38,40,41)/t40-,41+,43-,44-,45-,46-,47-;26-,32-/m00/s1. The zero-order chi connectivity index (χ0) is 95.4. The van der Waals surface area contributed by atoms with Gasteiger partial charge in [-0.1, -0.05) is 140 Å². The lowest BCUT2D eigenvalue weighted by Crippen LogP contribution is -2.58. The maximum Gasteiger partial charge on any atom is 0.410 e. The van der Waals surface area contributed by atoms with E-state index >= 15 is 0 Å². The third-order valence-corrected chi connectivity index (χ3v) is 24.1. The van der Waals surface area contributed by atoms with Gasteiger partial charge in [0.25, 0.3) is 11.8 Å². The molecule has 0 spiro atoms. The number of rotatable bonds is 40. The lowest BCUT2D eigenvalue weighted by Gasteiger charge is -2.32. The predicted molar refractivity (Wildman–Crippen MR) is 498 cm³/mol. The number of nitrogens with one attached hydrogen (secondary N) is 8. The summed E-state index contributed by atoms with van der Waals surface area (Å²) in [5.41, 5.74) is 34.9. The van der Waals surface area contributed by atoms with Crippen LogP contribution in [0.3, 0.4) is 0 Å². The Hall–Kier alpha value is -13.1. The zero-order valence-electron chi connectivity index (χ0n) is 77.1. The Morgan fingerprint density at radius 3 is 1.42 bits per heavy atom. The van der Waals surface area contributed by atoms with Crippen molar-refractivity contribution in [2.24, 2.45) is 55.7 Å². The van der Waals surface area contributed by atoms with Crippen molar-refractivity contribution in [3.8, 4) is 11.1 Å². The predicted octanol–water partition coefficient (Wildman–Crippen LogP) is 3.92. The Bertz CT molecular complexity index is 4780. The van der Waals surface area contributed by atoms with Gasteiger partial charge in [0, 0.05) is 111 Å². The number of carbonyl (C=O) groups is 13. The number of methoxy groups -OCH3 is 1. The van der Waals surface area contributed by atoms with Gasteiger partial charge >= 0.3 is 12.1 Å². The number of nitrogens with two attached hydrogens (primary N) is 4. The number of benzene rings is 5. The minimum Gasteiger partial charge on any atom is -0.469 e. The molecule has 0 aromatic heterocycles. The molecule has 0 saturated carbocycles. The Morgan fingerprint density at radius 2 is 0.924 bits per heavy atom. The second kappa shape index (κ2) is 51.5. The van der Waals surface area contributed by atoms with E-state index in [0.717, 1.165) is 38.4 Å². The van der Waals surface area contributed by atoms with Crippen LogP contribution in [-0.2, 0) is 91.3 Å². The van der Waals surface area contributed by atoms with Gasteiger partial charge in [-0.25, -0.2) is 14.8 Å². The smallest absolute Gasteiger partial charge is 0.410 e. The topological polar surface area (TPSA) is 506 Å². The molecule has 0 unspecified atom stereocenters. The van der Waals surface area contributed by atoms with Gasteiger partial charge in [-0.3, -0.25) is 88.3 Å². The lowest BCUT2D eigenvalue weighted by molar-refractivity contribution is -0.153. The summed E-state index contributed by atoms with van der Waals surface area (Å²) in [5, 5.41) is 19.4. The second-order valence-corrected chi connectivity index (χ2v) is 34.5. The fourth-order valence-corrected chi connectivity index (χ4v) is 17.0. The number of nitrogens with zero attached hydrogens (tertiary/aromatic N) is 9. The molecule has 4 fully saturated rings. The summed E-state index contributed by atoms with van der Waals surface area (Å²) >= 11 is 0. The Labute approximate surface area is 772 Å². The van der Waals surface area contributed by atoms with Gasteiger partial charge in [-0.05, 0) is 156 Å². The molecule has 0 radical (unpaired) electrons. The number of hydrogen-bond donors (Lipinski definition) is 12. The van der Waals surface area contributed by atoms with Crippen molar-refractivity contribution < 1.29 is 76.5 Å². The number of guanidine groups is 3. The van der Waals surface area contributed by atoms with Crippen molar-refractivity contribution >= 4 is 94.8 Å². The van der Waals surface area contributed by atoms with E-state index in [4.69, 9.17) is 37.1 Å². The molecule has 4 saturated heterocycles. The summed E-state index contributed by atoms with van der Waals surface area (Å²) in [5.74, 6) is -7.79. The van der Waals surface area contributed by atoms with Gasteiger partial charge < -0.3 is 83.7 Å². The Balaban J connectivity index is 0.000000338. The van der Waals surface area contributed by atoms with Crippen LogP contribution in [0.1, 0.15) is 164 Å². The maximum atomic E-state index is 14.8. The average molecular weight is 1830 g/mol. The van der Waals surface area contributed by atoms with Gasteiger partial charge in [-0.2, -0.15) is 0 Å². The summed E-state index contributed by atoms with van der Waals surface area (Å²) in [6.45, 7) is 7.30. The zero-order valence-corrected chi connectivity index (χ0v) is 77.1. The van der Waals surface area contributed by atoms with Crippen molar-refractivity contribution in [2.75, 3.05) is 101 Å². The van der Waals surface area contributed by atoms with Crippen molar-refractivity contribution in [3.63, 3.8) is 0 Å². The second-order valence-electron chi connectivity index (χ2n) is 34.5. The van der Waals surface area contributed by atoms with Crippen molar-refractivity contribution in [1.29, 1.82) is 0 Å². The molecule has 1 aliphatic carbocycles. The SMILES string of the molecule is CN=C(N)NCCC[C@@H](CC(=O)N(Cc1ccccc1)NC(=O)[C@@H]1CCCN1C(=O)OCC1c2ccccc2-c2ccccc21)C(=O)NC.CN=C(N)NCCC[C@@H](CC(=O)N(Cc1ccccc1)NC(=O)[C@@H]1CCCN1C(=O)[C@H](COC(C)(C)C)NC(=O)[C@@H](CC(=O)CNC(=O)[C@@H]1CCCN1C(=O)[C@@H]1CCCN1C(=O)[C@@H](N)CCCNC(N)=NC)Cc1ccccc1)C(=O)OC. The minimum atomic E-state index is -1.32. The fraction of sp³-hybridized carbons (Fsp3) is 0.516. The normalized spacial score (nSPS) is 17.7. The number of hydrazine groups is 2. The van der Waals surface area contributed by atoms with Crippen LogP contribution >= 0.6 is 0 Å². The molecular formula is C95H133N21O16. The number of aliphatic imine (C=N–C) groups is 3. The van der Waals surface area contributed by atoms with Crippen LogP contribution in [0.2, 0.25) is 0 Å². The first-order valence-corrected chi connectivity index (χ1v) is 45.5. The van der Waals surface area contributed by atoms with Gasteiger partial charge in [0.05, 0.1) is 50.9 Å². The average Bonchev–Trinajstić information content (AvgIpc) is 1.60. The summed E-state index contributed by atoms with van der Waals surface area (Å²) in [7, 11) is 7.43. The van der Waals surface area contributed by atoms with E-state index in [1.165, 1.54) is 45.8 Å². The van der Waals surface area contributed by atoms with Crippen LogP contribution in [0.15, 0.2) is 155 Å². The highest BCUT2D eigenvalue weighted by atomic mass is 16.6. The monoisotopic (exact) mass is 1820 g/mol. The van der Waals surface area contributed by atoms with Crippen LogP contribution in [0, 0.1) is 17.8 Å². The molecule has 16 N–H and O–H groups in total. The number of esters is 1. The molecule has 9 atom stereocenters. The van der Waals surface area contributed by atoms with E-state index in [2.05, 4.69) is 82.0 Å². The number of ether oxygens (including phenoxy) is 3. The molecule has 4 aliphatic heterocycles. The summed E-state index contributed by atoms with van der Waals surface area (Å²) in [4.78, 5) is 197. The number of carbonyl (C=O) groups excluding carboxylic acids is 13. The molecule has 5 aromatic rings. The highest BCUT2D eigenvalue weighted by molar-refractivity contribution is 5.98. The first kappa shape index (κ1) is 103.